The number of aliphatic hydroxyl groups excluding tert-OH is 1. The molecule has 22 heavy (non-hydrogen) atoms. The number of aromatic nitrogens is 4. The van der Waals surface area contributed by atoms with Crippen LogP contribution in [-0.4, -0.2) is 30.4 Å². The molecule has 0 saturated carbocycles. The summed E-state index contributed by atoms with van der Waals surface area (Å²) in [7, 11) is 4.94. The van der Waals surface area contributed by atoms with Crippen LogP contribution >= 0.6 is 0 Å². The largest absolute Gasteiger partial charge is 0.396 e. The van der Waals surface area contributed by atoms with Crippen molar-refractivity contribution < 1.29 is 5.11 Å². The molecule has 2 aromatic heterocycles. The molecule has 2 aromatic rings. The van der Waals surface area contributed by atoms with E-state index in [0.717, 1.165) is 48.9 Å². The number of fused-ring (bicyclic) bond motifs is 1. The van der Waals surface area contributed by atoms with E-state index in [4.69, 9.17) is 5.11 Å². The van der Waals surface area contributed by atoms with Crippen molar-refractivity contribution in [1.29, 1.82) is 0 Å². The molecule has 0 bridgehead atoms. The van der Waals surface area contributed by atoms with Crippen molar-refractivity contribution in [2.45, 2.75) is 38.5 Å². The van der Waals surface area contributed by atoms with Crippen molar-refractivity contribution in [3.05, 3.63) is 26.7 Å². The maximum Gasteiger partial charge on any atom is 0.332 e. The molecule has 0 aliphatic carbocycles. The zero-order valence-corrected chi connectivity index (χ0v) is 13.5. The number of nitrogens with zero attached hydrogens (tertiary/aromatic N) is 4. The van der Waals surface area contributed by atoms with Crippen LogP contribution in [-0.2, 0) is 27.6 Å². The standard InChI is InChI=1S/C15H24N4O3/c1-17-11(9-7-5-4-6-8-10-20)16-13-12(17)14(21)19(3)15(22)18(13)2/h20H,4-10H2,1-3H3. The van der Waals surface area contributed by atoms with Crippen LogP contribution in [0, 0.1) is 0 Å². The average Bonchev–Trinajstić information content (AvgIpc) is 2.84. The molecule has 122 valence electrons. The Morgan fingerprint density at radius 2 is 1.55 bits per heavy atom. The molecule has 0 amide bonds. The average molecular weight is 308 g/mol. The molecule has 1 N–H and O–H groups in total. The Morgan fingerprint density at radius 3 is 2.23 bits per heavy atom. The van der Waals surface area contributed by atoms with E-state index in [0.29, 0.717) is 11.2 Å². The lowest BCUT2D eigenvalue weighted by atomic mass is 10.1. The van der Waals surface area contributed by atoms with Gasteiger partial charge in [0.05, 0.1) is 0 Å². The quantitative estimate of drug-likeness (QED) is 0.753. The fraction of sp³-hybridized carbons (Fsp3) is 0.667. The summed E-state index contributed by atoms with van der Waals surface area (Å²) >= 11 is 0. The third kappa shape index (κ3) is 2.99. The van der Waals surface area contributed by atoms with Crippen LogP contribution < -0.4 is 11.2 Å². The van der Waals surface area contributed by atoms with Gasteiger partial charge in [0.1, 0.15) is 5.82 Å². The number of aliphatic hydroxyl groups is 1. The molecule has 0 aliphatic rings. The molecule has 7 heteroatoms. The van der Waals surface area contributed by atoms with E-state index in [1.807, 2.05) is 7.05 Å². The van der Waals surface area contributed by atoms with Gasteiger partial charge in [0.15, 0.2) is 11.2 Å². The maximum absolute atomic E-state index is 12.2. The first-order chi connectivity index (χ1) is 10.5. The second-order valence-electron chi connectivity index (χ2n) is 5.71. The van der Waals surface area contributed by atoms with E-state index >= 15 is 0 Å². The van der Waals surface area contributed by atoms with Gasteiger partial charge >= 0.3 is 5.69 Å². The van der Waals surface area contributed by atoms with Crippen molar-refractivity contribution in [2.24, 2.45) is 21.1 Å². The fourth-order valence-electron chi connectivity index (χ4n) is 2.71. The number of unbranched alkanes of at least 4 members (excludes halogenated alkanes) is 4. The van der Waals surface area contributed by atoms with Gasteiger partial charge in [-0.1, -0.05) is 19.3 Å². The molecule has 2 rings (SSSR count). The lowest BCUT2D eigenvalue weighted by Crippen LogP contribution is -2.37. The zero-order chi connectivity index (χ0) is 16.3. The van der Waals surface area contributed by atoms with E-state index in [1.54, 1.807) is 11.6 Å². The van der Waals surface area contributed by atoms with E-state index < -0.39 is 0 Å². The summed E-state index contributed by atoms with van der Waals surface area (Å²) in [6.07, 6.45) is 5.81. The van der Waals surface area contributed by atoms with Crippen molar-refractivity contribution in [1.82, 2.24) is 18.7 Å². The summed E-state index contributed by atoms with van der Waals surface area (Å²) in [4.78, 5) is 28.7. The Balaban J connectivity index is 2.21. The molecule has 0 atom stereocenters. The Bertz CT molecular complexity index is 770. The third-order valence-electron chi connectivity index (χ3n) is 4.13. The normalized spacial score (nSPS) is 11.5. The van der Waals surface area contributed by atoms with Crippen LogP contribution in [0.25, 0.3) is 11.2 Å². The maximum atomic E-state index is 12.2. The summed E-state index contributed by atoms with van der Waals surface area (Å²) in [6.45, 7) is 0.252. The van der Waals surface area contributed by atoms with Gasteiger partial charge < -0.3 is 9.67 Å². The minimum Gasteiger partial charge on any atom is -0.396 e. The van der Waals surface area contributed by atoms with Gasteiger partial charge in [-0.2, -0.15) is 0 Å². The van der Waals surface area contributed by atoms with E-state index in [-0.39, 0.29) is 17.9 Å². The van der Waals surface area contributed by atoms with Crippen molar-refractivity contribution in [3.63, 3.8) is 0 Å². The Kier molecular flexibility index (Phi) is 5.18. The van der Waals surface area contributed by atoms with Gasteiger partial charge in [0, 0.05) is 34.2 Å². The Labute approximate surface area is 128 Å². The second-order valence-corrected chi connectivity index (χ2v) is 5.71. The van der Waals surface area contributed by atoms with Gasteiger partial charge in [0.2, 0.25) is 0 Å². The first kappa shape index (κ1) is 16.5. The number of hydrogen-bond acceptors (Lipinski definition) is 4. The predicted molar refractivity (Wildman–Crippen MR) is 85.1 cm³/mol. The van der Waals surface area contributed by atoms with Crippen LogP contribution in [0.15, 0.2) is 9.59 Å². The second kappa shape index (κ2) is 6.91. The number of imidazole rings is 1. The van der Waals surface area contributed by atoms with Crippen molar-refractivity contribution in [2.75, 3.05) is 6.61 Å². The van der Waals surface area contributed by atoms with Crippen molar-refractivity contribution in [3.8, 4) is 0 Å². The Morgan fingerprint density at radius 1 is 0.909 bits per heavy atom. The summed E-state index contributed by atoms with van der Waals surface area (Å²) < 4.78 is 4.33. The lowest BCUT2D eigenvalue weighted by molar-refractivity contribution is 0.282. The highest BCUT2D eigenvalue weighted by Crippen LogP contribution is 2.12. The molecule has 0 unspecified atom stereocenters. The van der Waals surface area contributed by atoms with E-state index in [1.165, 1.54) is 11.6 Å². The van der Waals surface area contributed by atoms with Crippen molar-refractivity contribution >= 4 is 11.2 Å². The predicted octanol–water partition coefficient (Wildman–Crippen LogP) is 0.456. The summed E-state index contributed by atoms with van der Waals surface area (Å²) in [6, 6.07) is 0. The fourth-order valence-corrected chi connectivity index (χ4v) is 2.71. The molecular weight excluding hydrogens is 284 g/mol. The van der Waals surface area contributed by atoms with Crippen LogP contribution in [0.2, 0.25) is 0 Å². The van der Waals surface area contributed by atoms with Gasteiger partial charge in [-0.3, -0.25) is 13.9 Å². The minimum atomic E-state index is -0.355. The smallest absolute Gasteiger partial charge is 0.332 e. The van der Waals surface area contributed by atoms with Gasteiger partial charge in [0.25, 0.3) is 5.56 Å². The highest BCUT2D eigenvalue weighted by molar-refractivity contribution is 5.70. The SMILES string of the molecule is Cn1c(=O)c2c(nc(CCCCCCCO)n2C)n(C)c1=O. The molecule has 0 aliphatic heterocycles. The molecule has 0 fully saturated rings. The molecular formula is C15H24N4O3. The first-order valence-corrected chi connectivity index (χ1v) is 7.71. The minimum absolute atomic E-state index is 0.252. The molecule has 2 heterocycles. The van der Waals surface area contributed by atoms with Crippen LogP contribution in [0.3, 0.4) is 0 Å². The number of rotatable bonds is 7. The lowest BCUT2D eigenvalue weighted by Gasteiger charge is -2.04. The third-order valence-corrected chi connectivity index (χ3v) is 4.13. The first-order valence-electron chi connectivity index (χ1n) is 7.71. The highest BCUT2D eigenvalue weighted by Gasteiger charge is 2.16. The molecule has 0 spiro atoms. The van der Waals surface area contributed by atoms with Crippen LogP contribution in [0.1, 0.15) is 37.9 Å². The van der Waals surface area contributed by atoms with Crippen LogP contribution in [0.4, 0.5) is 0 Å². The molecule has 0 saturated heterocycles. The molecule has 7 nitrogen and oxygen atoms in total. The summed E-state index contributed by atoms with van der Waals surface area (Å²) in [5, 5.41) is 8.74. The van der Waals surface area contributed by atoms with Gasteiger partial charge in [-0.25, -0.2) is 9.78 Å². The summed E-state index contributed by atoms with van der Waals surface area (Å²) in [5.41, 5.74) is 0.263. The van der Waals surface area contributed by atoms with Crippen LogP contribution in [0.5, 0.6) is 0 Å². The topological polar surface area (TPSA) is 82.1 Å². The van der Waals surface area contributed by atoms with Gasteiger partial charge in [-0.05, 0) is 12.8 Å². The van der Waals surface area contributed by atoms with Gasteiger partial charge in [-0.15, -0.1) is 0 Å². The van der Waals surface area contributed by atoms with E-state index in [9.17, 15) is 9.59 Å². The monoisotopic (exact) mass is 308 g/mol. The number of aryl methyl sites for hydroxylation is 3. The summed E-state index contributed by atoms with van der Waals surface area (Å²) in [5.74, 6) is 0.829. The molecule has 0 radical (unpaired) electrons. The molecule has 0 aromatic carbocycles. The number of hydrogen-bond donors (Lipinski definition) is 1. The van der Waals surface area contributed by atoms with E-state index in [2.05, 4.69) is 4.98 Å². The Hall–Kier alpha value is -1.89. The highest BCUT2D eigenvalue weighted by atomic mass is 16.3. The zero-order valence-electron chi connectivity index (χ0n) is 13.5.